The van der Waals surface area contributed by atoms with E-state index in [0.717, 1.165) is 11.7 Å². The Morgan fingerprint density at radius 3 is 2.53 bits per heavy atom. The van der Waals surface area contributed by atoms with Crippen LogP contribution >= 0.6 is 0 Å². The summed E-state index contributed by atoms with van der Waals surface area (Å²) in [5.74, 6) is 2.43. The molecule has 2 unspecified atom stereocenters. The van der Waals surface area contributed by atoms with Crippen LogP contribution in [0, 0.1) is 12.8 Å². The van der Waals surface area contributed by atoms with Crippen molar-refractivity contribution in [3.05, 3.63) is 23.8 Å². The molecule has 1 aromatic rings. The van der Waals surface area contributed by atoms with Gasteiger partial charge in [-0.3, -0.25) is 0 Å². The first-order valence-electron chi connectivity index (χ1n) is 6.04. The molecule has 0 N–H and O–H groups in total. The summed E-state index contributed by atoms with van der Waals surface area (Å²) in [6.45, 7) is 4.31. The number of aromatic nitrogens is 2. The first-order valence-corrected chi connectivity index (χ1v) is 6.04. The Morgan fingerprint density at radius 2 is 1.80 bits per heavy atom. The molecule has 0 aliphatic heterocycles. The Bertz CT molecular complexity index is 305. The lowest BCUT2D eigenvalue weighted by atomic mass is 9.90. The first kappa shape index (κ1) is 10.6. The van der Waals surface area contributed by atoms with Gasteiger partial charge in [0.2, 0.25) is 0 Å². The number of hydrogen-bond donors (Lipinski definition) is 0. The van der Waals surface area contributed by atoms with E-state index in [1.54, 1.807) is 0 Å². The van der Waals surface area contributed by atoms with Crippen LogP contribution in [0.4, 0.5) is 0 Å². The monoisotopic (exact) mass is 204 g/mol. The molecule has 1 aliphatic carbocycles. The second-order valence-electron chi connectivity index (χ2n) is 4.89. The van der Waals surface area contributed by atoms with Crippen LogP contribution in [-0.2, 0) is 0 Å². The predicted octanol–water partition coefficient (Wildman–Crippen LogP) is 3.47. The van der Waals surface area contributed by atoms with Crippen molar-refractivity contribution >= 4 is 0 Å². The lowest BCUT2D eigenvalue weighted by Crippen LogP contribution is -2.03. The van der Waals surface area contributed by atoms with Crippen LogP contribution in [0.3, 0.4) is 0 Å². The second kappa shape index (κ2) is 4.73. The maximum Gasteiger partial charge on any atom is 0.125 e. The Kier molecular flexibility index (Phi) is 3.34. The Labute approximate surface area is 92.1 Å². The van der Waals surface area contributed by atoms with Gasteiger partial charge >= 0.3 is 0 Å². The molecule has 0 aromatic carbocycles. The van der Waals surface area contributed by atoms with Crippen molar-refractivity contribution in [2.24, 2.45) is 5.92 Å². The van der Waals surface area contributed by atoms with E-state index in [4.69, 9.17) is 0 Å². The van der Waals surface area contributed by atoms with Gasteiger partial charge in [0.05, 0.1) is 0 Å². The van der Waals surface area contributed by atoms with Crippen LogP contribution in [0.1, 0.15) is 56.3 Å². The van der Waals surface area contributed by atoms with E-state index in [2.05, 4.69) is 16.9 Å². The molecule has 1 aromatic heterocycles. The van der Waals surface area contributed by atoms with Crippen LogP contribution in [0.15, 0.2) is 12.4 Å². The number of nitrogens with zero attached hydrogens (tertiary/aromatic N) is 2. The highest BCUT2D eigenvalue weighted by atomic mass is 14.8. The summed E-state index contributed by atoms with van der Waals surface area (Å²) in [6, 6.07) is 0. The third kappa shape index (κ3) is 2.77. The molecule has 2 rings (SSSR count). The van der Waals surface area contributed by atoms with Gasteiger partial charge in [-0.1, -0.05) is 26.2 Å². The molecule has 15 heavy (non-hydrogen) atoms. The fourth-order valence-electron chi connectivity index (χ4n) is 2.52. The van der Waals surface area contributed by atoms with Gasteiger partial charge < -0.3 is 0 Å². The maximum absolute atomic E-state index is 4.30. The summed E-state index contributed by atoms with van der Waals surface area (Å²) in [4.78, 5) is 8.60. The van der Waals surface area contributed by atoms with Crippen molar-refractivity contribution in [2.45, 2.75) is 51.9 Å². The maximum atomic E-state index is 4.30. The largest absolute Gasteiger partial charge is 0.241 e. The van der Waals surface area contributed by atoms with E-state index >= 15 is 0 Å². The Balaban J connectivity index is 2.11. The number of hydrogen-bond acceptors (Lipinski definition) is 2. The topological polar surface area (TPSA) is 25.8 Å². The zero-order chi connectivity index (χ0) is 10.7. The zero-order valence-electron chi connectivity index (χ0n) is 9.74. The molecule has 0 radical (unpaired) electrons. The quantitative estimate of drug-likeness (QED) is 0.655. The van der Waals surface area contributed by atoms with E-state index < -0.39 is 0 Å². The molecular weight excluding hydrogens is 184 g/mol. The smallest absolute Gasteiger partial charge is 0.125 e. The summed E-state index contributed by atoms with van der Waals surface area (Å²) in [5, 5.41) is 0. The molecule has 2 heteroatoms. The van der Waals surface area contributed by atoms with Crippen molar-refractivity contribution in [3.63, 3.8) is 0 Å². The molecule has 0 saturated heterocycles. The molecule has 1 heterocycles. The molecule has 0 amide bonds. The van der Waals surface area contributed by atoms with Crippen molar-refractivity contribution < 1.29 is 0 Å². The van der Waals surface area contributed by atoms with E-state index in [-0.39, 0.29) is 0 Å². The van der Waals surface area contributed by atoms with Crippen LogP contribution < -0.4 is 0 Å². The van der Waals surface area contributed by atoms with Crippen molar-refractivity contribution in [1.29, 1.82) is 0 Å². The summed E-state index contributed by atoms with van der Waals surface area (Å²) in [6.07, 6.45) is 10.8. The summed E-state index contributed by atoms with van der Waals surface area (Å²) in [5.41, 5.74) is 1.34. The standard InChI is InChI=1S/C13H20N2/c1-10-5-3-4-6-12(7-10)13-8-14-11(2)15-9-13/h8-10,12H,3-7H2,1-2H3. The van der Waals surface area contributed by atoms with Gasteiger partial charge in [-0.25, -0.2) is 9.97 Å². The fourth-order valence-corrected chi connectivity index (χ4v) is 2.52. The van der Waals surface area contributed by atoms with E-state index in [0.29, 0.717) is 5.92 Å². The van der Waals surface area contributed by atoms with E-state index in [9.17, 15) is 0 Å². The van der Waals surface area contributed by atoms with Gasteiger partial charge in [0.25, 0.3) is 0 Å². The van der Waals surface area contributed by atoms with Gasteiger partial charge in [-0.15, -0.1) is 0 Å². The van der Waals surface area contributed by atoms with Gasteiger partial charge in [0.1, 0.15) is 5.82 Å². The summed E-state index contributed by atoms with van der Waals surface area (Å²) in [7, 11) is 0. The fraction of sp³-hybridized carbons (Fsp3) is 0.692. The lowest BCUT2D eigenvalue weighted by molar-refractivity contribution is 0.470. The van der Waals surface area contributed by atoms with Gasteiger partial charge in [-0.05, 0) is 37.2 Å². The van der Waals surface area contributed by atoms with Gasteiger partial charge in [-0.2, -0.15) is 0 Å². The first-order chi connectivity index (χ1) is 7.25. The molecule has 82 valence electrons. The highest BCUT2D eigenvalue weighted by Gasteiger charge is 2.19. The van der Waals surface area contributed by atoms with Crippen LogP contribution in [-0.4, -0.2) is 9.97 Å². The molecule has 2 nitrogen and oxygen atoms in total. The van der Waals surface area contributed by atoms with Crippen molar-refractivity contribution in [2.75, 3.05) is 0 Å². The highest BCUT2D eigenvalue weighted by molar-refractivity contribution is 5.12. The van der Waals surface area contributed by atoms with Gasteiger partial charge in [0, 0.05) is 12.4 Å². The molecule has 1 aliphatic rings. The minimum atomic E-state index is 0.697. The van der Waals surface area contributed by atoms with Crippen LogP contribution in [0.5, 0.6) is 0 Å². The Morgan fingerprint density at radius 1 is 1.13 bits per heavy atom. The molecule has 2 atom stereocenters. The predicted molar refractivity (Wildman–Crippen MR) is 61.8 cm³/mol. The van der Waals surface area contributed by atoms with E-state index in [1.165, 1.54) is 37.7 Å². The zero-order valence-corrected chi connectivity index (χ0v) is 9.74. The third-order valence-corrected chi connectivity index (χ3v) is 3.46. The van der Waals surface area contributed by atoms with E-state index in [1.807, 2.05) is 19.3 Å². The third-order valence-electron chi connectivity index (χ3n) is 3.46. The molecule has 0 bridgehead atoms. The SMILES string of the molecule is Cc1ncc(C2CCCCC(C)C2)cn1. The summed E-state index contributed by atoms with van der Waals surface area (Å²) < 4.78 is 0. The average Bonchev–Trinajstić information content (AvgIpc) is 2.44. The second-order valence-corrected chi connectivity index (χ2v) is 4.89. The molecule has 0 spiro atoms. The number of aryl methyl sites for hydroxylation is 1. The highest BCUT2D eigenvalue weighted by Crippen LogP contribution is 2.33. The van der Waals surface area contributed by atoms with Crippen molar-refractivity contribution in [3.8, 4) is 0 Å². The average molecular weight is 204 g/mol. The lowest BCUT2D eigenvalue weighted by Gasteiger charge is -2.16. The normalized spacial score (nSPS) is 27.3. The molecular formula is C13H20N2. The molecule has 1 fully saturated rings. The minimum absolute atomic E-state index is 0.697. The van der Waals surface area contributed by atoms with Crippen LogP contribution in [0.25, 0.3) is 0 Å². The minimum Gasteiger partial charge on any atom is -0.241 e. The van der Waals surface area contributed by atoms with Crippen LogP contribution in [0.2, 0.25) is 0 Å². The molecule has 1 saturated carbocycles. The number of rotatable bonds is 1. The summed E-state index contributed by atoms with van der Waals surface area (Å²) >= 11 is 0. The van der Waals surface area contributed by atoms with Crippen molar-refractivity contribution in [1.82, 2.24) is 9.97 Å². The Hall–Kier alpha value is -0.920. The van der Waals surface area contributed by atoms with Gasteiger partial charge in [0.15, 0.2) is 0 Å².